The van der Waals surface area contributed by atoms with Gasteiger partial charge in [0.15, 0.2) is 0 Å². The molecule has 0 aromatic heterocycles. The van der Waals surface area contributed by atoms with Crippen LogP contribution in [0.25, 0.3) is 0 Å². The molecule has 1 heterocycles. The minimum Gasteiger partial charge on any atom is -0.431 e. The standard InChI is InChI=1S/C14H17NO3/c16-14-17-10-13(11-6-2-1-3-7-11)15(18-14)12-8-4-5-9-12/h1-3,6-7,12-13H,4-5,8-10H2. The van der Waals surface area contributed by atoms with Crippen LogP contribution >= 0.6 is 0 Å². The maximum Gasteiger partial charge on any atom is 0.528 e. The van der Waals surface area contributed by atoms with E-state index in [4.69, 9.17) is 9.57 Å². The molecule has 18 heavy (non-hydrogen) atoms. The highest BCUT2D eigenvalue weighted by molar-refractivity contribution is 5.60. The van der Waals surface area contributed by atoms with Gasteiger partial charge >= 0.3 is 6.16 Å². The van der Waals surface area contributed by atoms with Crippen LogP contribution < -0.4 is 0 Å². The Morgan fingerprint density at radius 2 is 1.83 bits per heavy atom. The molecular weight excluding hydrogens is 230 g/mol. The zero-order valence-electron chi connectivity index (χ0n) is 10.2. The van der Waals surface area contributed by atoms with Gasteiger partial charge in [0.2, 0.25) is 0 Å². The van der Waals surface area contributed by atoms with Crippen LogP contribution in [0.4, 0.5) is 4.79 Å². The molecule has 1 unspecified atom stereocenters. The van der Waals surface area contributed by atoms with E-state index in [0.717, 1.165) is 18.4 Å². The third kappa shape index (κ3) is 2.20. The number of rotatable bonds is 2. The number of benzene rings is 1. The van der Waals surface area contributed by atoms with Crippen LogP contribution in [0.3, 0.4) is 0 Å². The monoisotopic (exact) mass is 247 g/mol. The summed E-state index contributed by atoms with van der Waals surface area (Å²) in [6.07, 6.45) is 4.03. The minimum atomic E-state index is -0.575. The largest absolute Gasteiger partial charge is 0.528 e. The highest BCUT2D eigenvalue weighted by Crippen LogP contribution is 2.33. The molecule has 1 aliphatic carbocycles. The van der Waals surface area contributed by atoms with Gasteiger partial charge in [-0.3, -0.25) is 0 Å². The molecule has 1 aliphatic heterocycles. The van der Waals surface area contributed by atoms with Crippen LogP contribution in [0.5, 0.6) is 0 Å². The SMILES string of the molecule is O=C1OCC(c2ccccc2)N(C2CCCC2)O1. The normalized spacial score (nSPS) is 25.8. The predicted octanol–water partition coefficient (Wildman–Crippen LogP) is 3.05. The first-order valence-corrected chi connectivity index (χ1v) is 6.52. The number of nitrogens with zero attached hydrogens (tertiary/aromatic N) is 1. The molecule has 0 spiro atoms. The quantitative estimate of drug-likeness (QED) is 0.753. The van der Waals surface area contributed by atoms with Gasteiger partial charge in [0.1, 0.15) is 12.6 Å². The molecule has 4 nitrogen and oxygen atoms in total. The van der Waals surface area contributed by atoms with Crippen molar-refractivity contribution in [1.82, 2.24) is 5.06 Å². The smallest absolute Gasteiger partial charge is 0.431 e. The van der Waals surface area contributed by atoms with E-state index in [2.05, 4.69) is 12.1 Å². The lowest BCUT2D eigenvalue weighted by Crippen LogP contribution is -2.44. The Morgan fingerprint density at radius 1 is 1.11 bits per heavy atom. The van der Waals surface area contributed by atoms with Gasteiger partial charge in [-0.15, -0.1) is 5.06 Å². The van der Waals surface area contributed by atoms with Gasteiger partial charge in [-0.25, -0.2) is 4.79 Å². The molecule has 2 fully saturated rings. The van der Waals surface area contributed by atoms with E-state index in [1.54, 1.807) is 0 Å². The molecule has 96 valence electrons. The lowest BCUT2D eigenvalue weighted by atomic mass is 10.1. The van der Waals surface area contributed by atoms with Gasteiger partial charge in [-0.2, -0.15) is 0 Å². The van der Waals surface area contributed by atoms with Crippen molar-refractivity contribution in [1.29, 1.82) is 0 Å². The topological polar surface area (TPSA) is 38.8 Å². The fraction of sp³-hybridized carbons (Fsp3) is 0.500. The zero-order chi connectivity index (χ0) is 12.4. The second-order valence-corrected chi connectivity index (χ2v) is 4.88. The van der Waals surface area contributed by atoms with Crippen LogP contribution in [0, 0.1) is 0 Å². The van der Waals surface area contributed by atoms with Crippen molar-refractivity contribution >= 4 is 6.16 Å². The average molecular weight is 247 g/mol. The summed E-state index contributed by atoms with van der Waals surface area (Å²) in [5, 5.41) is 1.86. The third-order valence-electron chi connectivity index (χ3n) is 3.72. The number of carbonyl (C=O) groups is 1. The van der Waals surface area contributed by atoms with Crippen molar-refractivity contribution in [2.24, 2.45) is 0 Å². The molecule has 1 saturated heterocycles. The number of carbonyl (C=O) groups excluding carboxylic acids is 1. The number of hydroxylamine groups is 2. The Kier molecular flexibility index (Phi) is 3.19. The Labute approximate surface area is 106 Å². The van der Waals surface area contributed by atoms with Gasteiger partial charge in [-0.1, -0.05) is 43.2 Å². The number of hydrogen-bond acceptors (Lipinski definition) is 4. The summed E-state index contributed by atoms with van der Waals surface area (Å²) in [7, 11) is 0. The average Bonchev–Trinajstić information content (AvgIpc) is 2.93. The maximum atomic E-state index is 11.3. The lowest BCUT2D eigenvalue weighted by molar-refractivity contribution is -0.221. The second kappa shape index (κ2) is 4.98. The molecule has 4 heteroatoms. The fourth-order valence-corrected chi connectivity index (χ4v) is 2.80. The third-order valence-corrected chi connectivity index (χ3v) is 3.72. The zero-order valence-corrected chi connectivity index (χ0v) is 10.2. The predicted molar refractivity (Wildman–Crippen MR) is 65.7 cm³/mol. The summed E-state index contributed by atoms with van der Waals surface area (Å²) < 4.78 is 5.03. The molecule has 2 aliphatic rings. The second-order valence-electron chi connectivity index (χ2n) is 4.88. The van der Waals surface area contributed by atoms with E-state index in [-0.39, 0.29) is 6.04 Å². The van der Waals surface area contributed by atoms with E-state index in [9.17, 15) is 4.79 Å². The van der Waals surface area contributed by atoms with Crippen LogP contribution in [-0.4, -0.2) is 23.9 Å². The van der Waals surface area contributed by atoms with Crippen molar-refractivity contribution in [2.45, 2.75) is 37.8 Å². The first kappa shape index (κ1) is 11.5. The first-order valence-electron chi connectivity index (χ1n) is 6.52. The van der Waals surface area contributed by atoms with Crippen molar-refractivity contribution in [2.75, 3.05) is 6.61 Å². The van der Waals surface area contributed by atoms with E-state index < -0.39 is 6.16 Å². The minimum absolute atomic E-state index is 0.0204. The number of ether oxygens (including phenoxy) is 1. The lowest BCUT2D eigenvalue weighted by Gasteiger charge is -2.37. The molecule has 0 bridgehead atoms. The van der Waals surface area contributed by atoms with Crippen molar-refractivity contribution < 1.29 is 14.4 Å². The molecule has 1 aromatic rings. The maximum absolute atomic E-state index is 11.3. The Balaban J connectivity index is 1.83. The highest BCUT2D eigenvalue weighted by atomic mass is 16.8. The molecule has 0 radical (unpaired) electrons. The Bertz CT molecular complexity index is 414. The van der Waals surface area contributed by atoms with Gasteiger partial charge < -0.3 is 9.57 Å². The van der Waals surface area contributed by atoms with Gasteiger partial charge in [0.25, 0.3) is 0 Å². The summed E-state index contributed by atoms with van der Waals surface area (Å²) >= 11 is 0. The summed E-state index contributed by atoms with van der Waals surface area (Å²) in [6.45, 7) is 0.374. The number of cyclic esters (lactones) is 1. The van der Waals surface area contributed by atoms with Gasteiger partial charge in [0, 0.05) is 6.04 Å². The van der Waals surface area contributed by atoms with E-state index in [1.807, 2.05) is 23.3 Å². The molecule has 1 atom stereocenters. The molecule has 1 aromatic carbocycles. The molecular formula is C14H17NO3. The Morgan fingerprint density at radius 3 is 2.56 bits per heavy atom. The molecule has 0 amide bonds. The van der Waals surface area contributed by atoms with Crippen LogP contribution in [0.2, 0.25) is 0 Å². The highest BCUT2D eigenvalue weighted by Gasteiger charge is 2.37. The summed E-state index contributed by atoms with van der Waals surface area (Å²) in [4.78, 5) is 16.6. The number of hydrogen-bond donors (Lipinski definition) is 0. The van der Waals surface area contributed by atoms with E-state index >= 15 is 0 Å². The van der Waals surface area contributed by atoms with Crippen molar-refractivity contribution in [3.8, 4) is 0 Å². The molecule has 3 rings (SSSR count). The van der Waals surface area contributed by atoms with Gasteiger partial charge in [-0.05, 0) is 18.4 Å². The Hall–Kier alpha value is -1.55. The summed E-state index contributed by atoms with van der Waals surface area (Å²) in [5.41, 5.74) is 1.14. The summed E-state index contributed by atoms with van der Waals surface area (Å²) in [6, 6.07) is 10.4. The van der Waals surface area contributed by atoms with Crippen molar-refractivity contribution in [3.63, 3.8) is 0 Å². The molecule has 1 saturated carbocycles. The summed E-state index contributed by atoms with van der Waals surface area (Å²) in [5.74, 6) is 0. The van der Waals surface area contributed by atoms with Crippen LogP contribution in [0.15, 0.2) is 30.3 Å². The van der Waals surface area contributed by atoms with Crippen LogP contribution in [0.1, 0.15) is 37.3 Å². The van der Waals surface area contributed by atoms with Crippen molar-refractivity contribution in [3.05, 3.63) is 35.9 Å². The molecule has 0 N–H and O–H groups in total. The van der Waals surface area contributed by atoms with E-state index in [0.29, 0.717) is 12.6 Å². The first-order chi connectivity index (χ1) is 8.84. The van der Waals surface area contributed by atoms with E-state index in [1.165, 1.54) is 12.8 Å². The van der Waals surface area contributed by atoms with Gasteiger partial charge in [0.05, 0.1) is 0 Å². The van der Waals surface area contributed by atoms with Crippen LogP contribution in [-0.2, 0) is 9.57 Å². The fourth-order valence-electron chi connectivity index (χ4n) is 2.80.